The Morgan fingerprint density at radius 1 is 1.50 bits per heavy atom. The van der Waals surface area contributed by atoms with Gasteiger partial charge in [0.05, 0.1) is 0 Å². The van der Waals surface area contributed by atoms with Crippen molar-refractivity contribution in [2.24, 2.45) is 11.7 Å². The summed E-state index contributed by atoms with van der Waals surface area (Å²) in [4.78, 5) is 0. The van der Waals surface area contributed by atoms with Gasteiger partial charge in [-0.25, -0.2) is 0 Å². The van der Waals surface area contributed by atoms with E-state index in [1.54, 1.807) is 6.07 Å². The third kappa shape index (κ3) is 2.54. The number of rotatable bonds is 3. The van der Waals surface area contributed by atoms with Crippen LogP contribution in [0.5, 0.6) is 0 Å². The van der Waals surface area contributed by atoms with Crippen LogP contribution in [0.15, 0.2) is 16.5 Å². The van der Waals surface area contributed by atoms with Crippen LogP contribution in [0, 0.1) is 5.92 Å². The highest BCUT2D eigenvalue weighted by Crippen LogP contribution is 2.15. The van der Waals surface area contributed by atoms with E-state index >= 15 is 0 Å². The van der Waals surface area contributed by atoms with Crippen molar-refractivity contribution >= 4 is 11.6 Å². The van der Waals surface area contributed by atoms with E-state index in [0.717, 1.165) is 12.2 Å². The van der Waals surface area contributed by atoms with Crippen molar-refractivity contribution in [1.82, 2.24) is 0 Å². The number of hydrogen-bond donors (Lipinski definition) is 1. The highest BCUT2D eigenvalue weighted by Gasteiger charge is 2.10. The number of hydrogen-bond acceptors (Lipinski definition) is 2. The first-order chi connectivity index (χ1) is 5.59. The molecule has 0 aromatic carbocycles. The number of halogens is 1. The van der Waals surface area contributed by atoms with Gasteiger partial charge < -0.3 is 10.2 Å². The summed E-state index contributed by atoms with van der Waals surface area (Å²) in [6, 6.07) is 3.75. The van der Waals surface area contributed by atoms with Gasteiger partial charge in [-0.05, 0) is 29.7 Å². The van der Waals surface area contributed by atoms with E-state index in [9.17, 15) is 0 Å². The summed E-state index contributed by atoms with van der Waals surface area (Å²) in [5.74, 6) is 1.33. The van der Waals surface area contributed by atoms with Crippen LogP contribution >= 0.6 is 11.6 Å². The minimum absolute atomic E-state index is 0.146. The Balaban J connectivity index is 2.52. The molecule has 2 nitrogen and oxygen atoms in total. The van der Waals surface area contributed by atoms with Crippen LogP contribution in [0.1, 0.15) is 19.6 Å². The lowest BCUT2D eigenvalue weighted by Gasteiger charge is -2.13. The first kappa shape index (κ1) is 9.62. The third-order valence-electron chi connectivity index (χ3n) is 1.92. The fourth-order valence-electron chi connectivity index (χ4n) is 0.929. The Bertz CT molecular complexity index is 244. The van der Waals surface area contributed by atoms with E-state index in [0.29, 0.717) is 11.1 Å². The van der Waals surface area contributed by atoms with Gasteiger partial charge in [0.25, 0.3) is 0 Å². The lowest BCUT2D eigenvalue weighted by Crippen LogP contribution is -2.28. The second-order valence-electron chi connectivity index (χ2n) is 3.32. The summed E-state index contributed by atoms with van der Waals surface area (Å²) < 4.78 is 5.19. The Hall–Kier alpha value is -0.470. The lowest BCUT2D eigenvalue weighted by atomic mass is 10.0. The van der Waals surface area contributed by atoms with Crippen LogP contribution < -0.4 is 5.73 Å². The van der Waals surface area contributed by atoms with Crippen molar-refractivity contribution in [3.63, 3.8) is 0 Å². The molecule has 0 saturated heterocycles. The summed E-state index contributed by atoms with van der Waals surface area (Å²) >= 11 is 5.62. The van der Waals surface area contributed by atoms with Crippen molar-refractivity contribution in [2.75, 3.05) is 0 Å². The van der Waals surface area contributed by atoms with E-state index in [1.165, 1.54) is 0 Å². The van der Waals surface area contributed by atoms with Crippen LogP contribution in [0.3, 0.4) is 0 Å². The molecular formula is C9H14ClNO. The van der Waals surface area contributed by atoms with Crippen molar-refractivity contribution < 1.29 is 4.42 Å². The molecule has 0 fully saturated rings. The maximum absolute atomic E-state index is 5.85. The molecule has 12 heavy (non-hydrogen) atoms. The van der Waals surface area contributed by atoms with Gasteiger partial charge in [-0.3, -0.25) is 0 Å². The monoisotopic (exact) mass is 187 g/mol. The average Bonchev–Trinajstić information content (AvgIpc) is 2.35. The van der Waals surface area contributed by atoms with Gasteiger partial charge in [-0.15, -0.1) is 0 Å². The lowest BCUT2D eigenvalue weighted by molar-refractivity contribution is 0.431. The van der Waals surface area contributed by atoms with Crippen LogP contribution in [0.25, 0.3) is 0 Å². The van der Waals surface area contributed by atoms with Crippen molar-refractivity contribution in [1.29, 1.82) is 0 Å². The Morgan fingerprint density at radius 2 is 2.17 bits per heavy atom. The molecule has 68 valence electrons. The summed E-state index contributed by atoms with van der Waals surface area (Å²) in [5, 5.41) is 0.431. The van der Waals surface area contributed by atoms with E-state index in [2.05, 4.69) is 13.8 Å². The van der Waals surface area contributed by atoms with E-state index in [4.69, 9.17) is 21.8 Å². The predicted octanol–water partition coefficient (Wildman–Crippen LogP) is 2.46. The predicted molar refractivity (Wildman–Crippen MR) is 50.2 cm³/mol. The molecule has 1 aromatic heterocycles. The zero-order valence-corrected chi connectivity index (χ0v) is 8.14. The molecule has 1 atom stereocenters. The molecule has 2 N–H and O–H groups in total. The molecule has 1 aromatic rings. The highest BCUT2D eigenvalue weighted by atomic mass is 35.5. The quantitative estimate of drug-likeness (QED) is 0.790. The molecule has 0 aliphatic heterocycles. The van der Waals surface area contributed by atoms with Crippen LogP contribution in [0.4, 0.5) is 0 Å². The van der Waals surface area contributed by atoms with Crippen LogP contribution in [-0.2, 0) is 6.42 Å². The molecule has 1 heterocycles. The average molecular weight is 188 g/mol. The van der Waals surface area contributed by atoms with Gasteiger partial charge >= 0.3 is 0 Å². The van der Waals surface area contributed by atoms with Crippen molar-refractivity contribution in [3.05, 3.63) is 23.1 Å². The fourth-order valence-corrected chi connectivity index (χ4v) is 1.09. The smallest absolute Gasteiger partial charge is 0.193 e. The van der Waals surface area contributed by atoms with E-state index < -0.39 is 0 Å². The third-order valence-corrected chi connectivity index (χ3v) is 2.13. The highest BCUT2D eigenvalue weighted by molar-refractivity contribution is 6.28. The first-order valence-corrected chi connectivity index (χ1v) is 4.47. The minimum Gasteiger partial charge on any atom is -0.450 e. The maximum Gasteiger partial charge on any atom is 0.193 e. The summed E-state index contributed by atoms with van der Waals surface area (Å²) in [5.41, 5.74) is 5.85. The van der Waals surface area contributed by atoms with Crippen molar-refractivity contribution in [3.8, 4) is 0 Å². The maximum atomic E-state index is 5.85. The Labute approximate surface area is 77.7 Å². The van der Waals surface area contributed by atoms with Crippen LogP contribution in [-0.4, -0.2) is 6.04 Å². The van der Waals surface area contributed by atoms with Gasteiger partial charge in [-0.1, -0.05) is 13.8 Å². The molecule has 0 aliphatic carbocycles. The minimum atomic E-state index is 0.146. The van der Waals surface area contributed by atoms with Gasteiger partial charge in [0.2, 0.25) is 0 Å². The van der Waals surface area contributed by atoms with Crippen molar-refractivity contribution in [2.45, 2.75) is 26.3 Å². The molecule has 1 unspecified atom stereocenters. The molecule has 0 spiro atoms. The zero-order valence-electron chi connectivity index (χ0n) is 7.38. The molecule has 0 saturated carbocycles. The van der Waals surface area contributed by atoms with Gasteiger partial charge in [0.15, 0.2) is 5.22 Å². The topological polar surface area (TPSA) is 39.2 Å². The van der Waals surface area contributed by atoms with Gasteiger partial charge in [-0.2, -0.15) is 0 Å². The SMILES string of the molecule is CC(C)C(N)Cc1ccc(Cl)o1. The second kappa shape index (κ2) is 3.97. The molecule has 0 aliphatic rings. The Kier molecular flexibility index (Phi) is 3.18. The van der Waals surface area contributed by atoms with Gasteiger partial charge in [0, 0.05) is 12.5 Å². The molecule has 0 bridgehead atoms. The zero-order chi connectivity index (χ0) is 9.14. The summed E-state index contributed by atoms with van der Waals surface area (Å²) in [6.45, 7) is 4.18. The molecule has 0 amide bonds. The first-order valence-electron chi connectivity index (χ1n) is 4.09. The molecular weight excluding hydrogens is 174 g/mol. The molecule has 1 rings (SSSR count). The largest absolute Gasteiger partial charge is 0.450 e. The Morgan fingerprint density at radius 3 is 2.58 bits per heavy atom. The van der Waals surface area contributed by atoms with E-state index in [-0.39, 0.29) is 6.04 Å². The summed E-state index contributed by atoms with van der Waals surface area (Å²) in [6.07, 6.45) is 0.754. The van der Waals surface area contributed by atoms with E-state index in [1.807, 2.05) is 6.07 Å². The standard InChI is InChI=1S/C9H14ClNO/c1-6(2)8(11)5-7-3-4-9(10)12-7/h3-4,6,8H,5,11H2,1-2H3. The van der Waals surface area contributed by atoms with Gasteiger partial charge in [0.1, 0.15) is 5.76 Å². The summed E-state index contributed by atoms with van der Waals surface area (Å²) in [7, 11) is 0. The normalized spacial score (nSPS) is 13.8. The van der Waals surface area contributed by atoms with Crippen LogP contribution in [0.2, 0.25) is 5.22 Å². The molecule has 0 radical (unpaired) electrons. The molecule has 3 heteroatoms. The second-order valence-corrected chi connectivity index (χ2v) is 3.69. The number of nitrogens with two attached hydrogens (primary N) is 1. The number of furan rings is 1. The fraction of sp³-hybridized carbons (Fsp3) is 0.556.